The number of carbonyl (C=O) groups is 3. The zero-order valence-corrected chi connectivity index (χ0v) is 17.2. The van der Waals surface area contributed by atoms with Crippen LogP contribution in [0.15, 0.2) is 52.0 Å². The van der Waals surface area contributed by atoms with Crippen molar-refractivity contribution in [2.45, 2.75) is 26.7 Å². The summed E-state index contributed by atoms with van der Waals surface area (Å²) in [6.07, 6.45) is 1.03. The molecular weight excluding hydrogens is 392 g/mol. The average Bonchev–Trinajstić information content (AvgIpc) is 2.73. The number of allylic oxidation sites excluding steroid dienone is 2. The zero-order valence-electron chi connectivity index (χ0n) is 17.2. The van der Waals surface area contributed by atoms with E-state index in [9.17, 15) is 14.4 Å². The van der Waals surface area contributed by atoms with Crippen molar-refractivity contribution in [2.75, 3.05) is 20.3 Å². The third-order valence-corrected chi connectivity index (χ3v) is 4.45. The zero-order chi connectivity index (χ0) is 22.3. The smallest absolute Gasteiger partial charge is 0.338 e. The van der Waals surface area contributed by atoms with Crippen LogP contribution < -0.4 is 5.32 Å². The molecule has 1 aromatic rings. The number of hydrogen-bond donors (Lipinski definition) is 2. The molecule has 0 aromatic heterocycles. The Morgan fingerprint density at radius 2 is 1.67 bits per heavy atom. The van der Waals surface area contributed by atoms with Crippen molar-refractivity contribution in [1.29, 1.82) is 0 Å². The fourth-order valence-electron chi connectivity index (χ4n) is 3.28. The van der Waals surface area contributed by atoms with Gasteiger partial charge in [-0.05, 0) is 32.4 Å². The molecule has 2 rings (SSSR count). The molecule has 0 fully saturated rings. The van der Waals surface area contributed by atoms with Gasteiger partial charge in [0.25, 0.3) is 0 Å². The topological polar surface area (TPSA) is 124 Å². The van der Waals surface area contributed by atoms with Gasteiger partial charge in [0.05, 0.1) is 54.9 Å². The van der Waals surface area contributed by atoms with Crippen LogP contribution in [0.25, 0.3) is 0 Å². The standard InChI is InChI=1S/C21H24N2O7/c1-5-29-20(25)16-12(3)23-15(11-22-27)18(21(26)30-6-2)17(16)13-9-7-8-10-14(13)19(24)28-4/h7-11,17,23,27H,5-6H2,1-4H3. The molecule has 1 atom stereocenters. The fraction of sp³-hybridized carbons (Fsp3) is 0.333. The largest absolute Gasteiger partial charge is 0.465 e. The van der Waals surface area contributed by atoms with Gasteiger partial charge >= 0.3 is 17.9 Å². The van der Waals surface area contributed by atoms with Crippen LogP contribution in [0.3, 0.4) is 0 Å². The molecule has 0 spiro atoms. The van der Waals surface area contributed by atoms with Crippen LogP contribution in [-0.2, 0) is 23.8 Å². The van der Waals surface area contributed by atoms with E-state index in [1.807, 2.05) is 0 Å². The van der Waals surface area contributed by atoms with Crippen LogP contribution in [0, 0.1) is 0 Å². The Hall–Kier alpha value is -3.62. The Balaban J connectivity index is 2.85. The maximum atomic E-state index is 12.9. The van der Waals surface area contributed by atoms with E-state index in [0.29, 0.717) is 11.3 Å². The summed E-state index contributed by atoms with van der Waals surface area (Å²) in [4.78, 5) is 38.1. The minimum absolute atomic E-state index is 0.000318. The molecule has 1 aliphatic heterocycles. The highest BCUT2D eigenvalue weighted by molar-refractivity contribution is 6.05. The summed E-state index contributed by atoms with van der Waals surface area (Å²) in [6, 6.07) is 6.46. The van der Waals surface area contributed by atoms with Crippen LogP contribution in [0.5, 0.6) is 0 Å². The number of esters is 3. The molecule has 0 saturated carbocycles. The van der Waals surface area contributed by atoms with Crippen LogP contribution in [0.1, 0.15) is 42.6 Å². The van der Waals surface area contributed by atoms with Crippen molar-refractivity contribution in [3.8, 4) is 0 Å². The second kappa shape index (κ2) is 10.2. The van der Waals surface area contributed by atoms with E-state index in [1.54, 1.807) is 39.0 Å². The van der Waals surface area contributed by atoms with Crippen LogP contribution in [-0.4, -0.2) is 49.7 Å². The van der Waals surface area contributed by atoms with E-state index in [1.165, 1.54) is 13.2 Å². The summed E-state index contributed by atoms with van der Waals surface area (Å²) < 4.78 is 15.3. The second-order valence-electron chi connectivity index (χ2n) is 6.19. The number of oxime groups is 1. The van der Waals surface area contributed by atoms with E-state index in [-0.39, 0.29) is 35.6 Å². The number of carbonyl (C=O) groups excluding carboxylic acids is 3. The summed E-state index contributed by atoms with van der Waals surface area (Å²) in [5.74, 6) is -3.05. The number of benzene rings is 1. The lowest BCUT2D eigenvalue weighted by atomic mass is 9.78. The molecule has 30 heavy (non-hydrogen) atoms. The first-order valence-electron chi connectivity index (χ1n) is 9.31. The predicted molar refractivity (Wildman–Crippen MR) is 107 cm³/mol. The van der Waals surface area contributed by atoms with Gasteiger partial charge in [-0.2, -0.15) is 0 Å². The Bertz CT molecular complexity index is 931. The van der Waals surface area contributed by atoms with E-state index in [0.717, 1.165) is 6.21 Å². The third kappa shape index (κ3) is 4.51. The summed E-state index contributed by atoms with van der Waals surface area (Å²) in [5, 5.41) is 15.0. The number of nitrogens with one attached hydrogen (secondary N) is 1. The van der Waals surface area contributed by atoms with Gasteiger partial charge in [0.2, 0.25) is 0 Å². The number of dihydropyridines is 1. The highest BCUT2D eigenvalue weighted by Gasteiger charge is 2.40. The molecule has 2 N–H and O–H groups in total. The summed E-state index contributed by atoms with van der Waals surface area (Å²) >= 11 is 0. The minimum Gasteiger partial charge on any atom is -0.465 e. The second-order valence-corrected chi connectivity index (χ2v) is 6.19. The van der Waals surface area contributed by atoms with Gasteiger partial charge in [0.15, 0.2) is 0 Å². The molecular formula is C21H24N2O7. The Kier molecular flexibility index (Phi) is 7.74. The molecule has 0 aliphatic carbocycles. The number of hydrogen-bond acceptors (Lipinski definition) is 9. The van der Waals surface area contributed by atoms with Crippen LogP contribution in [0.4, 0.5) is 0 Å². The Morgan fingerprint density at radius 1 is 1.07 bits per heavy atom. The molecule has 160 valence electrons. The van der Waals surface area contributed by atoms with Gasteiger partial charge in [-0.1, -0.05) is 23.4 Å². The molecule has 1 heterocycles. The first kappa shape index (κ1) is 22.7. The molecule has 9 nitrogen and oxygen atoms in total. The first-order valence-corrected chi connectivity index (χ1v) is 9.31. The molecule has 9 heteroatoms. The van der Waals surface area contributed by atoms with Crippen molar-refractivity contribution in [3.63, 3.8) is 0 Å². The number of methoxy groups -OCH3 is 1. The molecule has 0 bridgehead atoms. The van der Waals surface area contributed by atoms with Crippen molar-refractivity contribution in [1.82, 2.24) is 5.32 Å². The summed E-state index contributed by atoms with van der Waals surface area (Å²) in [6.45, 7) is 5.11. The maximum Gasteiger partial charge on any atom is 0.338 e. The SMILES string of the molecule is CCOC(=O)C1=C(C)NC(C=NO)=C(C(=O)OCC)C1c1ccccc1C(=O)OC. The van der Waals surface area contributed by atoms with E-state index < -0.39 is 23.8 Å². The van der Waals surface area contributed by atoms with Gasteiger partial charge in [0, 0.05) is 5.70 Å². The van der Waals surface area contributed by atoms with E-state index >= 15 is 0 Å². The van der Waals surface area contributed by atoms with Gasteiger partial charge in [-0.3, -0.25) is 0 Å². The number of nitrogens with zero attached hydrogens (tertiary/aromatic N) is 1. The Labute approximate surface area is 174 Å². The van der Waals surface area contributed by atoms with Gasteiger partial charge in [-0.25, -0.2) is 14.4 Å². The highest BCUT2D eigenvalue weighted by Crippen LogP contribution is 2.40. The van der Waals surface area contributed by atoms with E-state index in [4.69, 9.17) is 19.4 Å². The maximum absolute atomic E-state index is 12.9. The monoisotopic (exact) mass is 416 g/mol. The minimum atomic E-state index is -1.02. The number of ether oxygens (including phenoxy) is 3. The lowest BCUT2D eigenvalue weighted by Gasteiger charge is -2.31. The molecule has 0 radical (unpaired) electrons. The first-order chi connectivity index (χ1) is 14.4. The predicted octanol–water partition coefficient (Wildman–Crippen LogP) is 2.27. The van der Waals surface area contributed by atoms with Gasteiger partial charge < -0.3 is 24.7 Å². The van der Waals surface area contributed by atoms with Crippen molar-refractivity contribution in [2.24, 2.45) is 5.16 Å². The average molecular weight is 416 g/mol. The molecule has 1 aliphatic rings. The van der Waals surface area contributed by atoms with Gasteiger partial charge in [0.1, 0.15) is 0 Å². The van der Waals surface area contributed by atoms with Crippen LogP contribution >= 0.6 is 0 Å². The fourth-order valence-corrected chi connectivity index (χ4v) is 3.28. The molecule has 0 saturated heterocycles. The van der Waals surface area contributed by atoms with Gasteiger partial charge in [-0.15, -0.1) is 0 Å². The molecule has 1 aromatic carbocycles. The van der Waals surface area contributed by atoms with Crippen molar-refractivity contribution >= 4 is 24.1 Å². The van der Waals surface area contributed by atoms with E-state index in [2.05, 4.69) is 10.5 Å². The van der Waals surface area contributed by atoms with Crippen molar-refractivity contribution in [3.05, 3.63) is 57.9 Å². The normalized spacial score (nSPS) is 16.3. The quantitative estimate of drug-likeness (QED) is 0.228. The summed E-state index contributed by atoms with van der Waals surface area (Å²) in [5.41, 5.74) is 1.15. The number of rotatable bonds is 7. The van der Waals surface area contributed by atoms with Crippen LogP contribution in [0.2, 0.25) is 0 Å². The third-order valence-electron chi connectivity index (χ3n) is 4.45. The lowest BCUT2D eigenvalue weighted by Crippen LogP contribution is -2.34. The molecule has 0 amide bonds. The molecule has 1 unspecified atom stereocenters. The summed E-state index contributed by atoms with van der Waals surface area (Å²) in [7, 11) is 1.24. The highest BCUT2D eigenvalue weighted by atomic mass is 16.5. The van der Waals surface area contributed by atoms with Crippen molar-refractivity contribution < 1.29 is 33.8 Å². The lowest BCUT2D eigenvalue weighted by molar-refractivity contribution is -0.139. The Morgan fingerprint density at radius 3 is 2.23 bits per heavy atom.